The molecule has 33 heavy (non-hydrogen) atoms. The Bertz CT molecular complexity index is 1220. The summed E-state index contributed by atoms with van der Waals surface area (Å²) < 4.78 is 1.68. The van der Waals surface area contributed by atoms with E-state index in [4.69, 9.17) is 0 Å². The minimum absolute atomic E-state index is 0.0444. The molecular weight excluding hydrogens is 422 g/mol. The first kappa shape index (κ1) is 20.3. The van der Waals surface area contributed by atoms with Crippen molar-refractivity contribution in [2.75, 3.05) is 30.8 Å². The van der Waals surface area contributed by atoms with Crippen LogP contribution < -0.4 is 21.5 Å². The maximum absolute atomic E-state index is 13.7. The van der Waals surface area contributed by atoms with Gasteiger partial charge < -0.3 is 20.9 Å². The second-order valence-corrected chi connectivity index (χ2v) is 10.0. The lowest BCUT2D eigenvalue weighted by atomic mass is 10.0. The summed E-state index contributed by atoms with van der Waals surface area (Å²) in [5.74, 6) is 1.56. The number of aromatic nitrogens is 3. The van der Waals surface area contributed by atoms with E-state index in [9.17, 15) is 14.4 Å². The second-order valence-electron chi connectivity index (χ2n) is 10.0. The zero-order valence-corrected chi connectivity index (χ0v) is 18.7. The van der Waals surface area contributed by atoms with Gasteiger partial charge in [0.2, 0.25) is 5.91 Å². The molecule has 2 amide bonds. The molecule has 1 spiro atoms. The number of carbonyl (C=O) groups excluding carboxylic acids is 2. The normalized spacial score (nSPS) is 28.0. The first-order valence-electron chi connectivity index (χ1n) is 11.5. The Balaban J connectivity index is 1.33. The Morgan fingerprint density at radius 2 is 1.82 bits per heavy atom. The van der Waals surface area contributed by atoms with Crippen molar-refractivity contribution in [2.45, 2.75) is 38.3 Å². The molecule has 3 N–H and O–H groups in total. The number of nitrogens with one attached hydrogen (secondary N) is 3. The van der Waals surface area contributed by atoms with Gasteiger partial charge in [-0.3, -0.25) is 19.0 Å². The van der Waals surface area contributed by atoms with Crippen LogP contribution in [-0.2, 0) is 10.5 Å². The van der Waals surface area contributed by atoms with Crippen LogP contribution >= 0.6 is 0 Å². The van der Waals surface area contributed by atoms with Gasteiger partial charge in [-0.25, -0.2) is 9.97 Å². The van der Waals surface area contributed by atoms with Crippen molar-refractivity contribution < 1.29 is 9.59 Å². The molecule has 2 aliphatic carbocycles. The van der Waals surface area contributed by atoms with Crippen molar-refractivity contribution in [1.29, 1.82) is 0 Å². The largest absolute Gasteiger partial charge is 0.336 e. The fraction of sp³-hybridized carbons (Fsp3) is 0.522. The standard InChI is InChI=1S/C23H27N7O3/c1-12-5-16(26-17-6-18(25-11-24-17)27-20(31)13-3-4-13)22(33)30-19(12)21(32)28-23(30)7-14-9-29(2)10-15(14)8-23/h5-6,11,13-15H,3-4,7-10H2,1-2H3,(H,28,32)(H2,24,25,26,27,31). The van der Waals surface area contributed by atoms with Crippen molar-refractivity contribution in [1.82, 2.24) is 24.8 Å². The third-order valence-electron chi connectivity index (χ3n) is 7.47. The van der Waals surface area contributed by atoms with Gasteiger partial charge in [-0.1, -0.05) is 0 Å². The number of hydrogen-bond donors (Lipinski definition) is 3. The van der Waals surface area contributed by atoms with Crippen LogP contribution in [0.4, 0.5) is 17.3 Å². The van der Waals surface area contributed by atoms with Gasteiger partial charge in [0, 0.05) is 25.1 Å². The predicted octanol–water partition coefficient (Wildman–Crippen LogP) is 1.41. The molecule has 0 radical (unpaired) electrons. The van der Waals surface area contributed by atoms with Gasteiger partial charge in [0.1, 0.15) is 35.0 Å². The van der Waals surface area contributed by atoms with Crippen LogP contribution in [0.15, 0.2) is 23.3 Å². The van der Waals surface area contributed by atoms with Crippen molar-refractivity contribution in [3.8, 4) is 0 Å². The lowest BCUT2D eigenvalue weighted by molar-refractivity contribution is -0.117. The Kier molecular flexibility index (Phi) is 4.39. The molecule has 10 nitrogen and oxygen atoms in total. The average molecular weight is 450 g/mol. The van der Waals surface area contributed by atoms with Gasteiger partial charge in [0.15, 0.2) is 0 Å². The maximum Gasteiger partial charge on any atom is 0.276 e. The van der Waals surface area contributed by atoms with Crippen LogP contribution in [0.1, 0.15) is 41.7 Å². The zero-order chi connectivity index (χ0) is 22.9. The maximum atomic E-state index is 13.7. The molecule has 2 aromatic rings. The van der Waals surface area contributed by atoms with Crippen LogP contribution in [0.5, 0.6) is 0 Å². The molecule has 4 heterocycles. The first-order chi connectivity index (χ1) is 15.8. The summed E-state index contributed by atoms with van der Waals surface area (Å²) in [6.07, 6.45) is 4.67. The lowest BCUT2D eigenvalue weighted by Crippen LogP contribution is -2.46. The summed E-state index contributed by atoms with van der Waals surface area (Å²) in [6.45, 7) is 3.82. The number of hydrogen-bond acceptors (Lipinski definition) is 7. The van der Waals surface area contributed by atoms with E-state index < -0.39 is 5.66 Å². The number of aryl methyl sites for hydroxylation is 1. The number of pyridine rings is 1. The van der Waals surface area contributed by atoms with Crippen LogP contribution in [-0.4, -0.2) is 51.4 Å². The van der Waals surface area contributed by atoms with Gasteiger partial charge in [-0.15, -0.1) is 0 Å². The molecule has 2 saturated carbocycles. The third-order valence-corrected chi connectivity index (χ3v) is 7.47. The first-order valence-corrected chi connectivity index (χ1v) is 11.5. The molecule has 3 fully saturated rings. The van der Waals surface area contributed by atoms with Crippen LogP contribution in [0.25, 0.3) is 0 Å². The van der Waals surface area contributed by atoms with Crippen molar-refractivity contribution in [3.63, 3.8) is 0 Å². The van der Waals surface area contributed by atoms with Gasteiger partial charge in [-0.2, -0.15) is 0 Å². The average Bonchev–Trinajstić information content (AvgIpc) is 3.41. The number of carbonyl (C=O) groups is 2. The minimum Gasteiger partial charge on any atom is -0.336 e. The molecule has 2 unspecified atom stereocenters. The molecule has 2 atom stereocenters. The van der Waals surface area contributed by atoms with E-state index in [1.54, 1.807) is 16.7 Å². The molecule has 1 saturated heterocycles. The number of rotatable bonds is 4. The highest BCUT2D eigenvalue weighted by molar-refractivity contribution is 5.97. The molecule has 0 aromatic carbocycles. The summed E-state index contributed by atoms with van der Waals surface area (Å²) in [5, 5.41) is 9.06. The van der Waals surface area contributed by atoms with E-state index in [0.29, 0.717) is 34.9 Å². The van der Waals surface area contributed by atoms with Gasteiger partial charge in [-0.05, 0) is 63.1 Å². The molecule has 2 aliphatic heterocycles. The summed E-state index contributed by atoms with van der Waals surface area (Å²) in [7, 11) is 2.12. The molecule has 6 rings (SSSR count). The SMILES string of the molecule is Cc1cc(Nc2cc(NC(=O)C3CC3)ncn2)c(=O)n2c1C(=O)NC21CC2CN(C)CC2C1. The highest BCUT2D eigenvalue weighted by Gasteiger charge is 2.55. The van der Waals surface area contributed by atoms with Crippen LogP contribution in [0.3, 0.4) is 0 Å². The number of likely N-dealkylation sites (tertiary alicyclic amines) is 1. The molecular formula is C23H27N7O3. The predicted molar refractivity (Wildman–Crippen MR) is 121 cm³/mol. The van der Waals surface area contributed by atoms with E-state index in [2.05, 4.69) is 37.9 Å². The summed E-state index contributed by atoms with van der Waals surface area (Å²) >= 11 is 0. The van der Waals surface area contributed by atoms with E-state index in [1.165, 1.54) is 6.33 Å². The monoisotopic (exact) mass is 449 g/mol. The Morgan fingerprint density at radius 3 is 2.52 bits per heavy atom. The fourth-order valence-corrected chi connectivity index (χ4v) is 5.93. The molecule has 0 bridgehead atoms. The third kappa shape index (κ3) is 3.31. The van der Waals surface area contributed by atoms with Crippen LogP contribution in [0, 0.1) is 24.7 Å². The summed E-state index contributed by atoms with van der Waals surface area (Å²) in [4.78, 5) is 49.3. The van der Waals surface area contributed by atoms with Crippen molar-refractivity contribution >= 4 is 29.1 Å². The van der Waals surface area contributed by atoms with Crippen molar-refractivity contribution in [3.05, 3.63) is 40.1 Å². The molecule has 10 heteroatoms. The number of nitrogens with zero attached hydrogens (tertiary/aromatic N) is 4. The second kappa shape index (κ2) is 7.11. The van der Waals surface area contributed by atoms with E-state index in [0.717, 1.165) is 44.3 Å². The number of amides is 2. The summed E-state index contributed by atoms with van der Waals surface area (Å²) in [5.41, 5.74) is 0.609. The van der Waals surface area contributed by atoms with Gasteiger partial charge in [0.25, 0.3) is 11.5 Å². The number of anilines is 3. The van der Waals surface area contributed by atoms with E-state index in [-0.39, 0.29) is 23.3 Å². The van der Waals surface area contributed by atoms with E-state index >= 15 is 0 Å². The zero-order valence-electron chi connectivity index (χ0n) is 18.7. The lowest BCUT2D eigenvalue weighted by Gasteiger charge is -2.29. The van der Waals surface area contributed by atoms with Gasteiger partial charge >= 0.3 is 0 Å². The smallest absolute Gasteiger partial charge is 0.276 e. The fourth-order valence-electron chi connectivity index (χ4n) is 5.93. The Hall–Kier alpha value is -3.27. The highest BCUT2D eigenvalue weighted by Crippen LogP contribution is 2.48. The quantitative estimate of drug-likeness (QED) is 0.645. The van der Waals surface area contributed by atoms with E-state index in [1.807, 2.05) is 6.92 Å². The van der Waals surface area contributed by atoms with Crippen molar-refractivity contribution in [2.24, 2.45) is 17.8 Å². The Labute approximate surface area is 190 Å². The highest BCUT2D eigenvalue weighted by atomic mass is 16.2. The topological polar surface area (TPSA) is 121 Å². The minimum atomic E-state index is -0.669. The molecule has 2 aromatic heterocycles. The number of fused-ring (bicyclic) bond motifs is 3. The summed E-state index contributed by atoms with van der Waals surface area (Å²) in [6, 6.07) is 3.31. The van der Waals surface area contributed by atoms with Crippen LogP contribution in [0.2, 0.25) is 0 Å². The Morgan fingerprint density at radius 1 is 1.12 bits per heavy atom. The molecule has 172 valence electrons. The molecule has 4 aliphatic rings. The van der Waals surface area contributed by atoms with Gasteiger partial charge in [0.05, 0.1) is 0 Å².